The topological polar surface area (TPSA) is 97.0 Å². The number of hydrogen-bond acceptors (Lipinski definition) is 5. The number of aliphatic imine (C=N–C) groups is 2. The van der Waals surface area contributed by atoms with Crippen molar-refractivity contribution < 1.29 is 9.50 Å². The lowest BCUT2D eigenvalue weighted by molar-refractivity contribution is 0.283. The van der Waals surface area contributed by atoms with Gasteiger partial charge in [0.1, 0.15) is 11.9 Å². The van der Waals surface area contributed by atoms with Gasteiger partial charge in [0.15, 0.2) is 0 Å². The molecule has 0 bridgehead atoms. The van der Waals surface area contributed by atoms with E-state index in [1.807, 2.05) is 22.6 Å². The molecule has 1 unspecified atom stereocenters. The van der Waals surface area contributed by atoms with E-state index in [-0.39, 0.29) is 5.82 Å². The van der Waals surface area contributed by atoms with Crippen LogP contribution in [0.1, 0.15) is 26.7 Å². The summed E-state index contributed by atoms with van der Waals surface area (Å²) in [6, 6.07) is 4.26. The number of hydrogen-bond donors (Lipinski definition) is 3. The fourth-order valence-electron chi connectivity index (χ4n) is 2.26. The van der Waals surface area contributed by atoms with Crippen LogP contribution in [0.3, 0.4) is 0 Å². The summed E-state index contributed by atoms with van der Waals surface area (Å²) in [7, 11) is 0. The molecule has 0 heterocycles. The Labute approximate surface area is 166 Å². The van der Waals surface area contributed by atoms with E-state index in [1.54, 1.807) is 32.2 Å². The molecule has 1 aliphatic carbocycles. The van der Waals surface area contributed by atoms with Crippen LogP contribution in [0.2, 0.25) is 0 Å². The highest BCUT2D eigenvalue weighted by atomic mass is 127. The average molecular weight is 470 g/mol. The lowest BCUT2D eigenvalue weighted by Crippen LogP contribution is -2.25. The maximum Gasteiger partial charge on any atom is 0.124 e. The first-order valence-electron chi connectivity index (χ1n) is 8.39. The molecule has 0 aliphatic heterocycles. The van der Waals surface area contributed by atoms with Crippen molar-refractivity contribution in [1.82, 2.24) is 0 Å². The molecular formula is C19H24FIN4O. The molecule has 140 valence electrons. The zero-order chi connectivity index (χ0) is 19.3. The number of benzene rings is 1. The van der Waals surface area contributed by atoms with E-state index in [4.69, 9.17) is 11.5 Å². The van der Waals surface area contributed by atoms with E-state index in [9.17, 15) is 9.50 Å². The number of rotatable bonds is 7. The number of aliphatic hydroxyl groups is 1. The van der Waals surface area contributed by atoms with E-state index in [2.05, 4.69) is 9.98 Å². The molecule has 5 nitrogen and oxygen atoms in total. The van der Waals surface area contributed by atoms with Crippen LogP contribution in [0.4, 0.5) is 10.1 Å². The largest absolute Gasteiger partial charge is 0.402 e. The quantitative estimate of drug-likeness (QED) is 0.421. The van der Waals surface area contributed by atoms with Gasteiger partial charge in [-0.1, -0.05) is 0 Å². The highest BCUT2D eigenvalue weighted by Crippen LogP contribution is 2.29. The smallest absolute Gasteiger partial charge is 0.124 e. The summed E-state index contributed by atoms with van der Waals surface area (Å²) in [6.07, 6.45) is 4.52. The van der Waals surface area contributed by atoms with E-state index in [1.165, 1.54) is 25.0 Å². The molecule has 2 rings (SSSR count). The lowest BCUT2D eigenvalue weighted by Gasteiger charge is -2.15. The van der Waals surface area contributed by atoms with Crippen molar-refractivity contribution in [2.45, 2.75) is 32.8 Å². The summed E-state index contributed by atoms with van der Waals surface area (Å²) in [6.45, 7) is 4.15. The lowest BCUT2D eigenvalue weighted by atomic mass is 10.0. The third-order valence-corrected chi connectivity index (χ3v) is 4.72. The zero-order valence-corrected chi connectivity index (χ0v) is 17.1. The molecular weight excluding hydrogens is 446 g/mol. The first kappa shape index (κ1) is 20.6. The Balaban J connectivity index is 2.37. The molecule has 1 fully saturated rings. The number of allylic oxidation sites excluding steroid dienone is 2. The van der Waals surface area contributed by atoms with Gasteiger partial charge in [-0.05, 0) is 79.5 Å². The van der Waals surface area contributed by atoms with Crippen molar-refractivity contribution in [3.05, 3.63) is 50.6 Å². The predicted molar refractivity (Wildman–Crippen MR) is 113 cm³/mol. The van der Waals surface area contributed by atoms with Crippen LogP contribution in [0, 0.1) is 15.3 Å². The first-order valence-corrected chi connectivity index (χ1v) is 9.47. The molecule has 0 saturated heterocycles. The fourth-order valence-corrected chi connectivity index (χ4v) is 2.86. The van der Waals surface area contributed by atoms with Crippen LogP contribution in [0.25, 0.3) is 0 Å². The number of halogens is 2. The second kappa shape index (κ2) is 9.27. The monoisotopic (exact) mass is 470 g/mol. The van der Waals surface area contributed by atoms with Crippen LogP contribution in [-0.2, 0) is 0 Å². The molecule has 0 radical (unpaired) electrons. The van der Waals surface area contributed by atoms with Gasteiger partial charge in [-0.15, -0.1) is 0 Å². The summed E-state index contributed by atoms with van der Waals surface area (Å²) in [4.78, 5) is 8.88. The zero-order valence-electron chi connectivity index (χ0n) is 14.9. The van der Waals surface area contributed by atoms with Crippen molar-refractivity contribution in [3.63, 3.8) is 0 Å². The molecule has 7 heteroatoms. The summed E-state index contributed by atoms with van der Waals surface area (Å²) in [5, 5.41) is 10.8. The maximum atomic E-state index is 13.3. The van der Waals surface area contributed by atoms with Gasteiger partial charge in [0.2, 0.25) is 0 Å². The molecule has 0 aromatic heterocycles. The number of aliphatic hydroxyl groups excluding tert-OH is 1. The molecule has 1 aromatic rings. The third-order valence-electron chi connectivity index (χ3n) is 3.86. The summed E-state index contributed by atoms with van der Waals surface area (Å²) < 4.78 is 14.0. The highest BCUT2D eigenvalue weighted by molar-refractivity contribution is 14.1. The van der Waals surface area contributed by atoms with E-state index in [0.717, 1.165) is 6.54 Å². The van der Waals surface area contributed by atoms with Gasteiger partial charge >= 0.3 is 0 Å². The Bertz CT molecular complexity index is 774. The van der Waals surface area contributed by atoms with Crippen molar-refractivity contribution in [2.24, 2.45) is 27.4 Å². The Morgan fingerprint density at radius 2 is 2.08 bits per heavy atom. The molecule has 1 aliphatic rings. The second-order valence-electron chi connectivity index (χ2n) is 6.50. The van der Waals surface area contributed by atoms with Crippen LogP contribution in [-0.4, -0.2) is 29.7 Å². The van der Waals surface area contributed by atoms with Gasteiger partial charge in [-0.25, -0.2) is 9.38 Å². The Kier molecular flexibility index (Phi) is 7.33. The number of nitrogens with zero attached hydrogens (tertiary/aromatic N) is 2. The van der Waals surface area contributed by atoms with Crippen LogP contribution < -0.4 is 11.5 Å². The summed E-state index contributed by atoms with van der Waals surface area (Å²) in [5.41, 5.74) is 14.1. The van der Waals surface area contributed by atoms with Gasteiger partial charge in [0.05, 0.1) is 11.4 Å². The normalized spacial score (nSPS) is 18.2. The molecule has 1 saturated carbocycles. The minimum absolute atomic E-state index is 0.326. The third kappa shape index (κ3) is 6.21. The van der Waals surface area contributed by atoms with E-state index >= 15 is 0 Å². The van der Waals surface area contributed by atoms with Crippen molar-refractivity contribution in [2.75, 3.05) is 6.54 Å². The van der Waals surface area contributed by atoms with Crippen molar-refractivity contribution in [3.8, 4) is 0 Å². The van der Waals surface area contributed by atoms with Gasteiger partial charge in [0.25, 0.3) is 0 Å². The standard InChI is InChI=1S/C19H24FIN4O/c1-11(22)7-18(25-17-6-5-14(20)8-16(17)21)19(26)15(12(2)23)10-24-9-13-3-4-13/h5-8,10,13,19,26H,3-4,9,22-23H2,1-2H3. The molecule has 0 amide bonds. The number of nitrogens with two attached hydrogens (primary N) is 2. The Morgan fingerprint density at radius 1 is 1.38 bits per heavy atom. The Hall–Kier alpha value is -1.74. The molecule has 1 atom stereocenters. The highest BCUT2D eigenvalue weighted by Gasteiger charge is 2.21. The summed E-state index contributed by atoms with van der Waals surface area (Å²) >= 11 is 2.00. The van der Waals surface area contributed by atoms with Crippen molar-refractivity contribution in [1.29, 1.82) is 0 Å². The Morgan fingerprint density at radius 3 is 2.62 bits per heavy atom. The van der Waals surface area contributed by atoms with E-state index < -0.39 is 6.10 Å². The minimum Gasteiger partial charge on any atom is -0.402 e. The van der Waals surface area contributed by atoms with Crippen LogP contribution >= 0.6 is 22.6 Å². The maximum absolute atomic E-state index is 13.3. The molecule has 1 aromatic carbocycles. The predicted octanol–water partition coefficient (Wildman–Crippen LogP) is 3.44. The van der Waals surface area contributed by atoms with Crippen molar-refractivity contribution >= 4 is 40.2 Å². The van der Waals surface area contributed by atoms with Crippen LogP contribution in [0.15, 0.2) is 51.2 Å². The first-order chi connectivity index (χ1) is 12.3. The minimum atomic E-state index is -1.08. The SMILES string of the molecule is CC(N)=CC(=Nc1ccc(F)cc1I)C(O)C(C=NCC1CC1)=C(C)N. The van der Waals surface area contributed by atoms with Gasteiger partial charge in [-0.3, -0.25) is 4.99 Å². The molecule has 26 heavy (non-hydrogen) atoms. The molecule has 5 N–H and O–H groups in total. The average Bonchev–Trinajstić information content (AvgIpc) is 3.36. The molecule has 0 spiro atoms. The second-order valence-corrected chi connectivity index (χ2v) is 7.66. The van der Waals surface area contributed by atoms with Gasteiger partial charge < -0.3 is 16.6 Å². The fraction of sp³-hybridized carbons (Fsp3) is 0.368. The van der Waals surface area contributed by atoms with Gasteiger partial charge in [0, 0.05) is 33.3 Å². The van der Waals surface area contributed by atoms with E-state index in [0.29, 0.717) is 37.9 Å². The van der Waals surface area contributed by atoms with Crippen LogP contribution in [0.5, 0.6) is 0 Å². The summed E-state index contributed by atoms with van der Waals surface area (Å²) in [5.74, 6) is 0.300. The van der Waals surface area contributed by atoms with Gasteiger partial charge in [-0.2, -0.15) is 0 Å².